The van der Waals surface area contributed by atoms with Crippen LogP contribution in [0.3, 0.4) is 0 Å². The van der Waals surface area contributed by atoms with Crippen LogP contribution in [0.15, 0.2) is 64.8 Å². The second-order valence-corrected chi connectivity index (χ2v) is 3.39. The largest absolute Gasteiger partial charge is 0.478 e. The molecule has 0 saturated carbocycles. The average Bonchev–Trinajstić information content (AvgIpc) is 2.38. The van der Waals surface area contributed by atoms with Crippen molar-refractivity contribution in [1.29, 1.82) is 0 Å². The van der Waals surface area contributed by atoms with Gasteiger partial charge in [-0.1, -0.05) is 18.2 Å². The van der Waals surface area contributed by atoms with E-state index >= 15 is 0 Å². The minimum atomic E-state index is -0.948. The second kappa shape index (κ2) is 13.3. The molecule has 0 saturated heterocycles. The second-order valence-electron chi connectivity index (χ2n) is 3.39. The molecule has 2 aromatic rings. The van der Waals surface area contributed by atoms with Gasteiger partial charge in [0, 0.05) is 68.3 Å². The molecule has 4 nitrogen and oxygen atoms in total. The zero-order chi connectivity index (χ0) is 12.1. The van der Waals surface area contributed by atoms with Crippen molar-refractivity contribution in [2.75, 3.05) is 0 Å². The smallest absolute Gasteiger partial charge is 0.335 e. The van der Waals surface area contributed by atoms with Crippen molar-refractivity contribution < 1.29 is 78.2 Å². The van der Waals surface area contributed by atoms with E-state index in [2.05, 4.69) is 10.2 Å². The summed E-state index contributed by atoms with van der Waals surface area (Å²) in [5, 5.41) is 16.8. The van der Waals surface area contributed by atoms with Gasteiger partial charge in [0.15, 0.2) is 0 Å². The third kappa shape index (κ3) is 8.57. The fraction of sp³-hybridized carbons (Fsp3) is 0. The van der Waals surface area contributed by atoms with Crippen molar-refractivity contribution in [2.24, 2.45) is 10.2 Å². The number of hydrogen-bond donors (Lipinski definition) is 1. The number of nitrogens with zero attached hydrogens (tertiary/aromatic N) is 2. The van der Waals surface area contributed by atoms with Crippen molar-refractivity contribution in [3.05, 3.63) is 60.2 Å². The number of carboxylic acid groups (broad SMARTS) is 1. The van der Waals surface area contributed by atoms with Crippen LogP contribution < -0.4 is 0 Å². The van der Waals surface area contributed by atoms with E-state index < -0.39 is 5.97 Å². The summed E-state index contributed by atoms with van der Waals surface area (Å²) in [6.45, 7) is 0. The van der Waals surface area contributed by atoms with Gasteiger partial charge in [-0.25, -0.2) is 4.79 Å². The number of aromatic carboxylic acids is 1. The molecule has 0 aliphatic carbocycles. The Morgan fingerprint density at radius 2 is 1.14 bits per heavy atom. The van der Waals surface area contributed by atoms with Crippen LogP contribution in [0.2, 0.25) is 0 Å². The molecule has 0 spiro atoms. The molecule has 0 radical (unpaired) electrons. The van der Waals surface area contributed by atoms with Crippen molar-refractivity contribution >= 4 is 17.3 Å². The van der Waals surface area contributed by atoms with Gasteiger partial charge in [0.05, 0.1) is 16.9 Å². The first kappa shape index (κ1) is 25.5. The van der Waals surface area contributed by atoms with Crippen LogP contribution in [0.5, 0.6) is 0 Å². The molecule has 116 valence electrons. The fourth-order valence-electron chi connectivity index (χ4n) is 1.28. The summed E-state index contributed by atoms with van der Waals surface area (Å²) in [6.07, 6.45) is 0. The third-order valence-electron chi connectivity index (χ3n) is 2.15. The van der Waals surface area contributed by atoms with Gasteiger partial charge in [0.2, 0.25) is 0 Å². The molecule has 0 aromatic heterocycles. The van der Waals surface area contributed by atoms with Gasteiger partial charge in [-0.05, 0) is 36.4 Å². The van der Waals surface area contributed by atoms with Crippen LogP contribution in [0.25, 0.3) is 0 Å². The number of carboxylic acids is 1. The summed E-state index contributed by atoms with van der Waals surface area (Å²) >= 11 is 0. The van der Waals surface area contributed by atoms with Crippen molar-refractivity contribution in [3.63, 3.8) is 0 Å². The molecule has 2 rings (SSSR count). The van der Waals surface area contributed by atoms with E-state index in [-0.39, 0.29) is 73.8 Å². The Morgan fingerprint density at radius 3 is 1.57 bits per heavy atom. The summed E-state index contributed by atoms with van der Waals surface area (Å²) in [5.74, 6) is -0.948. The van der Waals surface area contributed by atoms with E-state index in [0.717, 1.165) is 5.69 Å². The summed E-state index contributed by atoms with van der Waals surface area (Å²) in [5.41, 5.74) is 1.62. The van der Waals surface area contributed by atoms with E-state index in [9.17, 15) is 4.79 Å². The number of azo groups is 1. The van der Waals surface area contributed by atoms with Gasteiger partial charge in [0.1, 0.15) is 0 Å². The Bertz CT molecular complexity index is 548. The van der Waals surface area contributed by atoms with Crippen LogP contribution in [0.1, 0.15) is 10.4 Å². The van der Waals surface area contributed by atoms with Gasteiger partial charge < -0.3 is 5.11 Å². The first-order chi connectivity index (χ1) is 8.25. The number of carbonyl (C=O) groups is 1. The molecule has 0 bridgehead atoms. The van der Waals surface area contributed by atoms with Crippen molar-refractivity contribution in [2.45, 2.75) is 0 Å². The van der Waals surface area contributed by atoms with Gasteiger partial charge in [-0.2, -0.15) is 10.2 Å². The zero-order valence-electron chi connectivity index (χ0n) is 10.4. The van der Waals surface area contributed by atoms with Crippen LogP contribution in [0, 0.1) is 0 Å². The maximum atomic E-state index is 10.6. The molecule has 0 amide bonds. The predicted octanol–water partition coefficient (Wildman–Crippen LogP) is 3.79. The summed E-state index contributed by atoms with van der Waals surface area (Å²) in [6, 6.07) is 15.6. The number of rotatable bonds is 3. The van der Waals surface area contributed by atoms with Crippen LogP contribution in [0.4, 0.5) is 11.4 Å². The third-order valence-corrected chi connectivity index (χ3v) is 2.15. The first-order valence-corrected chi connectivity index (χ1v) is 5.06. The van der Waals surface area contributed by atoms with E-state index in [0.29, 0.717) is 5.69 Å². The Morgan fingerprint density at radius 1 is 0.714 bits per heavy atom. The number of hydrogen-bond acceptors (Lipinski definition) is 3. The molecule has 0 unspecified atom stereocenters. The molecule has 1 N–H and O–H groups in total. The van der Waals surface area contributed by atoms with Crippen LogP contribution in [-0.2, 0) is 68.3 Å². The summed E-state index contributed by atoms with van der Waals surface area (Å²) in [7, 11) is 0. The molecule has 0 aliphatic heterocycles. The quantitative estimate of drug-likeness (QED) is 0.572. The van der Waals surface area contributed by atoms with Crippen LogP contribution >= 0.6 is 0 Å². The Kier molecular flexibility index (Phi) is 16.1. The van der Waals surface area contributed by atoms with Crippen molar-refractivity contribution in [3.8, 4) is 0 Å². The Balaban J connectivity index is -0.000000810. The standard InChI is InChI=1S/C13H10N2O2.4Fe/c16-13(17)10-6-8-12(9-7-10)15-14-11-4-2-1-3-5-11;;;;/h1-9H,(H,16,17);;;;. The zero-order valence-corrected chi connectivity index (χ0v) is 14.8. The topological polar surface area (TPSA) is 62.0 Å². The molecule has 0 heterocycles. The molecular formula is C13H10Fe4N2O2. The van der Waals surface area contributed by atoms with Crippen molar-refractivity contribution in [1.82, 2.24) is 0 Å². The molecule has 0 atom stereocenters. The van der Waals surface area contributed by atoms with Gasteiger partial charge in [-0.15, -0.1) is 0 Å². The van der Waals surface area contributed by atoms with E-state index in [1.807, 2.05) is 30.3 Å². The van der Waals surface area contributed by atoms with E-state index in [1.165, 1.54) is 12.1 Å². The molecule has 0 aliphatic rings. The van der Waals surface area contributed by atoms with Gasteiger partial charge >= 0.3 is 5.97 Å². The minimum absolute atomic E-state index is 0. The summed E-state index contributed by atoms with van der Waals surface area (Å²) < 4.78 is 0. The SMILES string of the molecule is O=C(O)c1ccc(N=Nc2ccccc2)cc1.[Fe].[Fe].[Fe].[Fe]. The maximum absolute atomic E-state index is 10.6. The molecule has 8 heteroatoms. The van der Waals surface area contributed by atoms with E-state index in [4.69, 9.17) is 5.11 Å². The molecule has 21 heavy (non-hydrogen) atoms. The monoisotopic (exact) mass is 450 g/mol. The molecular weight excluding hydrogens is 440 g/mol. The maximum Gasteiger partial charge on any atom is 0.335 e. The normalized spacial score (nSPS) is 8.57. The fourth-order valence-corrected chi connectivity index (χ4v) is 1.28. The summed E-state index contributed by atoms with van der Waals surface area (Å²) in [4.78, 5) is 10.6. The minimum Gasteiger partial charge on any atom is -0.478 e. The molecule has 0 fully saturated rings. The van der Waals surface area contributed by atoms with Gasteiger partial charge in [-0.3, -0.25) is 0 Å². The molecule has 2 aromatic carbocycles. The number of benzene rings is 2. The predicted molar refractivity (Wildman–Crippen MR) is 64.0 cm³/mol. The van der Waals surface area contributed by atoms with Crippen LogP contribution in [-0.4, -0.2) is 11.1 Å². The Hall–Kier alpha value is -0.412. The van der Waals surface area contributed by atoms with E-state index in [1.54, 1.807) is 12.1 Å². The van der Waals surface area contributed by atoms with Gasteiger partial charge in [0.25, 0.3) is 0 Å². The first-order valence-electron chi connectivity index (χ1n) is 5.06. The average molecular weight is 450 g/mol. The Labute approximate surface area is 165 Å².